The van der Waals surface area contributed by atoms with Crippen molar-refractivity contribution in [1.82, 2.24) is 0 Å². The van der Waals surface area contributed by atoms with Crippen molar-refractivity contribution in [2.45, 2.75) is 0 Å². The van der Waals surface area contributed by atoms with Gasteiger partial charge < -0.3 is 16.4 Å². The van der Waals surface area contributed by atoms with Crippen LogP contribution in [0.5, 0.6) is 0 Å². The number of thiol groups is 1. The van der Waals surface area contributed by atoms with Gasteiger partial charge in [-0.2, -0.15) is 0 Å². The Morgan fingerprint density at radius 1 is 0.933 bits per heavy atom. The zero-order chi connectivity index (χ0) is 20.5. The molecule has 0 aromatic heterocycles. The van der Waals surface area contributed by atoms with E-state index in [9.17, 15) is 4.79 Å². The first kappa shape index (κ1) is 18.3. The zero-order valence-electron chi connectivity index (χ0n) is 16.0. The van der Waals surface area contributed by atoms with Crippen LogP contribution in [-0.4, -0.2) is 11.1 Å². The molecule has 2 aliphatic heterocycles. The molecule has 0 aliphatic carbocycles. The highest BCUT2D eigenvalue weighted by Crippen LogP contribution is 2.37. The number of hydrogen-bond donors (Lipinski definition) is 4. The average molecular weight is 412 g/mol. The number of carbonyl (C=O) groups is 1. The van der Waals surface area contributed by atoms with Crippen LogP contribution >= 0.6 is 11.8 Å². The van der Waals surface area contributed by atoms with Gasteiger partial charge in [0.05, 0.1) is 17.0 Å². The number of para-hydroxylation sites is 1. The largest absolute Gasteiger partial charge is 0.379 e. The number of benzene rings is 3. The van der Waals surface area contributed by atoms with Gasteiger partial charge in [-0.3, -0.25) is 4.79 Å². The maximum Gasteiger partial charge on any atom is 0.258 e. The van der Waals surface area contributed by atoms with E-state index in [-0.39, 0.29) is 5.91 Å². The Balaban J connectivity index is 1.56. The smallest absolute Gasteiger partial charge is 0.258 e. The Morgan fingerprint density at radius 2 is 1.67 bits per heavy atom. The van der Waals surface area contributed by atoms with E-state index < -0.39 is 0 Å². The van der Waals surface area contributed by atoms with Crippen molar-refractivity contribution in [2.75, 3.05) is 10.6 Å². The Labute approximate surface area is 178 Å². The van der Waals surface area contributed by atoms with Gasteiger partial charge in [0.25, 0.3) is 5.91 Å². The van der Waals surface area contributed by atoms with Crippen molar-refractivity contribution >= 4 is 51.2 Å². The molecule has 0 saturated heterocycles. The second-order valence-corrected chi connectivity index (χ2v) is 7.91. The van der Waals surface area contributed by atoms with Crippen molar-refractivity contribution in [2.24, 2.45) is 10.7 Å². The highest BCUT2D eigenvalue weighted by Gasteiger charge is 2.28. The third kappa shape index (κ3) is 3.38. The minimum atomic E-state index is -0.112. The van der Waals surface area contributed by atoms with Crippen molar-refractivity contribution in [1.29, 1.82) is 0 Å². The molecular formula is C24H19N4OS. The summed E-state index contributed by atoms with van der Waals surface area (Å²) in [5, 5.41) is 9.04. The normalized spacial score (nSPS) is 16.5. The lowest BCUT2D eigenvalue weighted by Gasteiger charge is -2.15. The fraction of sp³-hybridized carbons (Fsp3) is 0. The van der Waals surface area contributed by atoms with E-state index in [0.29, 0.717) is 10.7 Å². The minimum absolute atomic E-state index is 0.112. The van der Waals surface area contributed by atoms with Gasteiger partial charge in [-0.25, -0.2) is 4.99 Å². The lowest BCUT2D eigenvalue weighted by atomic mass is 10.00. The molecule has 2 aliphatic rings. The van der Waals surface area contributed by atoms with Crippen molar-refractivity contribution < 1.29 is 4.79 Å². The Hall–Kier alpha value is -3.77. The fourth-order valence-electron chi connectivity index (χ4n) is 3.57. The number of nitrogens with two attached hydrogens (primary N) is 1. The van der Waals surface area contributed by atoms with Crippen LogP contribution in [0.25, 0.3) is 17.0 Å². The molecule has 6 heteroatoms. The second kappa shape index (κ2) is 7.57. The first-order valence-corrected chi connectivity index (χ1v) is 10.5. The van der Waals surface area contributed by atoms with Gasteiger partial charge in [0.2, 0.25) is 0 Å². The number of rotatable bonds is 4. The molecule has 1 radical (unpaired) electrons. The number of nitrogens with one attached hydrogen (secondary N) is 2. The first-order chi connectivity index (χ1) is 14.7. The van der Waals surface area contributed by atoms with E-state index in [1.54, 1.807) is 0 Å². The Bertz CT molecular complexity index is 1230. The van der Waals surface area contributed by atoms with Crippen molar-refractivity contribution in [3.63, 3.8) is 0 Å². The summed E-state index contributed by atoms with van der Waals surface area (Å²) in [6, 6.07) is 25.6. The SMILES string of the molecule is NC1=NC(c2ccc(NC(=C3C(=O)Nc4ccccc43)c3ccccc3)cc2)=C[SH]1. The molecule has 0 atom stereocenters. The molecule has 2 heterocycles. The molecule has 0 bridgehead atoms. The van der Waals surface area contributed by atoms with E-state index in [2.05, 4.69) is 15.6 Å². The quantitative estimate of drug-likeness (QED) is 0.371. The van der Waals surface area contributed by atoms with Gasteiger partial charge in [-0.15, -0.1) is 11.8 Å². The third-order valence-electron chi connectivity index (χ3n) is 4.99. The summed E-state index contributed by atoms with van der Waals surface area (Å²) in [5.41, 5.74) is 12.6. The molecule has 0 fully saturated rings. The molecule has 1 amide bonds. The predicted octanol–water partition coefficient (Wildman–Crippen LogP) is 4.71. The summed E-state index contributed by atoms with van der Waals surface area (Å²) in [7, 11) is 0. The molecule has 0 unspecified atom stereocenters. The monoisotopic (exact) mass is 411 g/mol. The minimum Gasteiger partial charge on any atom is -0.379 e. The van der Waals surface area contributed by atoms with Gasteiger partial charge in [0, 0.05) is 22.5 Å². The van der Waals surface area contributed by atoms with E-state index in [1.807, 2.05) is 84.3 Å². The molecule has 3 aromatic rings. The van der Waals surface area contributed by atoms with Crippen LogP contribution in [0.15, 0.2) is 89.3 Å². The molecule has 4 N–H and O–H groups in total. The van der Waals surface area contributed by atoms with E-state index in [4.69, 9.17) is 5.73 Å². The number of aliphatic imine (C=N–C) groups is 1. The molecule has 0 saturated carbocycles. The van der Waals surface area contributed by atoms with Gasteiger partial charge in [-0.1, -0.05) is 60.7 Å². The summed E-state index contributed by atoms with van der Waals surface area (Å²) >= 11 is 0.933. The molecule has 0 spiro atoms. The molecule has 5 rings (SSSR count). The molecular weight excluding hydrogens is 392 g/mol. The number of fused-ring (bicyclic) bond motifs is 1. The third-order valence-corrected chi connectivity index (χ3v) is 5.73. The summed E-state index contributed by atoms with van der Waals surface area (Å²) < 4.78 is 0. The first-order valence-electron chi connectivity index (χ1n) is 9.52. The number of hydrogen-bond acceptors (Lipinski definition) is 4. The fourth-order valence-corrected chi connectivity index (χ4v) is 4.19. The number of carbonyl (C=O) groups excluding carboxylic acids is 1. The van der Waals surface area contributed by atoms with Gasteiger partial charge >= 0.3 is 0 Å². The van der Waals surface area contributed by atoms with E-state index in [1.165, 1.54) is 0 Å². The van der Waals surface area contributed by atoms with Gasteiger partial charge in [0.15, 0.2) is 5.17 Å². The summed E-state index contributed by atoms with van der Waals surface area (Å²) in [4.78, 5) is 17.2. The maximum atomic E-state index is 12.9. The second-order valence-electron chi connectivity index (χ2n) is 6.93. The number of amidine groups is 1. The van der Waals surface area contributed by atoms with Crippen LogP contribution in [-0.2, 0) is 4.79 Å². The van der Waals surface area contributed by atoms with Crippen molar-refractivity contribution in [3.8, 4) is 0 Å². The zero-order valence-corrected chi connectivity index (χ0v) is 16.9. The lowest BCUT2D eigenvalue weighted by molar-refractivity contribution is -0.110. The molecule has 5 nitrogen and oxygen atoms in total. The van der Waals surface area contributed by atoms with Gasteiger partial charge in [-0.05, 0) is 29.2 Å². The number of nitrogens with zero attached hydrogens (tertiary/aromatic N) is 1. The molecule has 3 aromatic carbocycles. The Kier molecular flexibility index (Phi) is 4.61. The number of amides is 1. The van der Waals surface area contributed by atoms with Crippen LogP contribution in [0.3, 0.4) is 0 Å². The van der Waals surface area contributed by atoms with E-state index >= 15 is 0 Å². The van der Waals surface area contributed by atoms with Crippen LogP contribution < -0.4 is 16.4 Å². The number of anilines is 2. The Morgan fingerprint density at radius 3 is 2.40 bits per heavy atom. The summed E-state index contributed by atoms with van der Waals surface area (Å²) in [5.74, 6) is -0.112. The maximum absolute atomic E-state index is 12.9. The van der Waals surface area contributed by atoms with Gasteiger partial charge in [0.1, 0.15) is 0 Å². The standard InChI is InChI=1S/C24H19N4OS/c25-24-28-20(14-30-24)15-10-12-17(13-11-15)26-22(16-6-2-1-3-7-16)21-18-8-4-5-9-19(18)27-23(21)29/h1-14,26,30H,(H2,25,28)(H,27,29). The van der Waals surface area contributed by atoms with E-state index in [0.717, 1.165) is 51.2 Å². The molecule has 30 heavy (non-hydrogen) atoms. The lowest BCUT2D eigenvalue weighted by Crippen LogP contribution is -2.10. The summed E-state index contributed by atoms with van der Waals surface area (Å²) in [6.45, 7) is 0. The van der Waals surface area contributed by atoms with Crippen molar-refractivity contribution in [3.05, 3.63) is 101 Å². The average Bonchev–Trinajstić information content (AvgIpc) is 3.35. The van der Waals surface area contributed by atoms with Crippen LogP contribution in [0.2, 0.25) is 0 Å². The highest BCUT2D eigenvalue weighted by molar-refractivity contribution is 8.16. The highest BCUT2D eigenvalue weighted by atomic mass is 32.2. The van der Waals surface area contributed by atoms with Crippen LogP contribution in [0.1, 0.15) is 16.7 Å². The van der Waals surface area contributed by atoms with Crippen LogP contribution in [0, 0.1) is 0 Å². The predicted molar refractivity (Wildman–Crippen MR) is 127 cm³/mol. The van der Waals surface area contributed by atoms with Crippen LogP contribution in [0.4, 0.5) is 11.4 Å². The summed E-state index contributed by atoms with van der Waals surface area (Å²) in [6.07, 6.45) is 0. The topological polar surface area (TPSA) is 79.5 Å². The molecule has 147 valence electrons.